The van der Waals surface area contributed by atoms with Gasteiger partial charge in [-0.05, 0) is 74.3 Å². The lowest BCUT2D eigenvalue weighted by Crippen LogP contribution is -2.61. The second-order valence-electron chi connectivity index (χ2n) is 19.8. The molecule has 428 valence electrons. The zero-order valence-electron chi connectivity index (χ0n) is 44.2. The third-order valence-corrected chi connectivity index (χ3v) is 12.0. The Bertz CT molecular complexity index is 2600. The van der Waals surface area contributed by atoms with E-state index in [9.17, 15) is 78.3 Å². The quantitative estimate of drug-likeness (QED) is 0.0300. The number of carbonyl (C=O) groups is 11. The van der Waals surface area contributed by atoms with E-state index in [0.29, 0.717) is 22.0 Å². The van der Waals surface area contributed by atoms with E-state index in [1.165, 1.54) is 31.2 Å². The van der Waals surface area contributed by atoms with E-state index in [4.69, 9.17) is 11.5 Å². The van der Waals surface area contributed by atoms with Crippen molar-refractivity contribution in [3.63, 3.8) is 0 Å². The molecule has 0 radical (unpaired) electrons. The van der Waals surface area contributed by atoms with Gasteiger partial charge in [-0.25, -0.2) is 4.79 Å². The Morgan fingerprint density at radius 1 is 0.564 bits per heavy atom. The molecule has 78 heavy (non-hydrogen) atoms. The van der Waals surface area contributed by atoms with Crippen LogP contribution in [-0.4, -0.2) is 163 Å². The Labute approximate surface area is 449 Å². The van der Waals surface area contributed by atoms with Crippen LogP contribution in [0, 0.1) is 11.8 Å². The highest BCUT2D eigenvalue weighted by molar-refractivity contribution is 5.99. The van der Waals surface area contributed by atoms with E-state index < -0.39 is 151 Å². The van der Waals surface area contributed by atoms with Crippen molar-refractivity contribution in [2.24, 2.45) is 23.3 Å². The number of fused-ring (bicyclic) bond motifs is 1. The van der Waals surface area contributed by atoms with Gasteiger partial charge in [0.2, 0.25) is 53.2 Å². The van der Waals surface area contributed by atoms with Gasteiger partial charge < -0.3 is 84.5 Å². The molecule has 18 N–H and O–H groups in total. The molecule has 0 bridgehead atoms. The van der Waals surface area contributed by atoms with E-state index >= 15 is 0 Å². The number of carboxylic acid groups (broad SMARTS) is 2. The lowest BCUT2D eigenvalue weighted by Gasteiger charge is -2.28. The predicted octanol–water partition coefficient (Wildman–Crippen LogP) is -2.83. The first-order valence-corrected chi connectivity index (χ1v) is 25.1. The van der Waals surface area contributed by atoms with Crippen molar-refractivity contribution in [2.45, 2.75) is 147 Å². The van der Waals surface area contributed by atoms with Crippen LogP contribution in [0.2, 0.25) is 0 Å². The van der Waals surface area contributed by atoms with E-state index in [1.807, 2.05) is 0 Å². The summed E-state index contributed by atoms with van der Waals surface area (Å²) in [6, 6.07) is -1.85. The number of rotatable bonds is 32. The molecule has 1 heterocycles. The van der Waals surface area contributed by atoms with Crippen LogP contribution in [0.4, 0.5) is 0 Å². The predicted molar refractivity (Wildman–Crippen MR) is 279 cm³/mol. The molecule has 0 aliphatic carbocycles. The van der Waals surface area contributed by atoms with Gasteiger partial charge in [0.1, 0.15) is 48.0 Å². The number of nitrogens with one attached hydrogen (secondary N) is 9. The van der Waals surface area contributed by atoms with E-state index in [-0.39, 0.29) is 43.3 Å². The van der Waals surface area contributed by atoms with Crippen molar-refractivity contribution in [3.05, 3.63) is 65.9 Å². The first-order chi connectivity index (χ1) is 36.6. The minimum atomic E-state index is -1.87. The molecule has 2 aromatic carbocycles. The molecule has 10 unspecified atom stereocenters. The molecule has 0 spiro atoms. The lowest BCUT2D eigenvalue weighted by molar-refractivity contribution is -0.145. The number of hydrogen-bond acceptors (Lipinski definition) is 15. The van der Waals surface area contributed by atoms with E-state index in [0.717, 1.165) is 6.92 Å². The Morgan fingerprint density at radius 2 is 1.01 bits per heavy atom. The average molecular weight is 1100 g/mol. The number of H-pyrrole nitrogens is 1. The molecular formula is C51H73N11O16. The van der Waals surface area contributed by atoms with Gasteiger partial charge in [0.15, 0.2) is 6.04 Å². The minimum absolute atomic E-state index is 0.0602. The SMILES string of the molecule is CC(C)CC(NC(=O)C(C)N)C(=O)NC(CC(=O)O)C(=O)NC(Cc1ccc(O)cc1)C(=O)NC(CO)C(=O)NC(Cc1c[nH]c2ccccc12)C(=O)NC(CC(C)C)C(=O)NC(CCC(N)=O)C(=O)NC(C(=O)O)C(C)O. The molecule has 0 aliphatic heterocycles. The number of carboxylic acids is 2. The minimum Gasteiger partial charge on any atom is -0.508 e. The summed E-state index contributed by atoms with van der Waals surface area (Å²) < 4.78 is 0. The molecule has 0 saturated heterocycles. The summed E-state index contributed by atoms with van der Waals surface area (Å²) in [6.45, 7) is 8.29. The summed E-state index contributed by atoms with van der Waals surface area (Å²) in [4.78, 5) is 149. The summed E-state index contributed by atoms with van der Waals surface area (Å²) in [6.07, 6.45) is -2.53. The van der Waals surface area contributed by atoms with Gasteiger partial charge in [0.25, 0.3) is 0 Å². The molecule has 9 amide bonds. The monoisotopic (exact) mass is 1100 g/mol. The van der Waals surface area contributed by atoms with Crippen LogP contribution in [0.1, 0.15) is 84.8 Å². The maximum absolute atomic E-state index is 14.5. The van der Waals surface area contributed by atoms with Crippen molar-refractivity contribution in [1.82, 2.24) is 47.5 Å². The number of phenols is 1. The Balaban J connectivity index is 2.00. The molecule has 0 saturated carbocycles. The molecule has 0 fully saturated rings. The molecule has 0 aliphatic rings. The maximum Gasteiger partial charge on any atom is 0.328 e. The number of para-hydroxylation sites is 1. The van der Waals surface area contributed by atoms with Crippen LogP contribution in [0.15, 0.2) is 54.7 Å². The summed E-state index contributed by atoms with van der Waals surface area (Å²) in [7, 11) is 0. The molecule has 1 aromatic heterocycles. The highest BCUT2D eigenvalue weighted by atomic mass is 16.4. The number of aliphatic carboxylic acids is 2. The molecule has 3 aromatic rings. The van der Waals surface area contributed by atoms with Gasteiger partial charge >= 0.3 is 11.9 Å². The van der Waals surface area contributed by atoms with E-state index in [2.05, 4.69) is 47.5 Å². The van der Waals surface area contributed by atoms with Crippen molar-refractivity contribution >= 4 is 76.0 Å². The number of aliphatic hydroxyl groups excluding tert-OH is 2. The zero-order chi connectivity index (χ0) is 58.6. The standard InChI is InChI=1S/C51H73N11O16/c1-24(2)17-34(56-43(69)26(5)52)46(72)60-38(21-41(67)68)49(75)58-36(19-28-11-13-30(65)14-12-28)47(73)61-39(23-63)50(76)59-37(20-29-22-54-32-10-8-7-9-31(29)32)48(74)57-35(18-25(3)4)45(71)55-33(15-16-40(53)66)44(70)62-42(27(6)64)51(77)78/h7-14,22,24-27,33-39,42,54,63-65H,15-21,23,52H2,1-6H3,(H2,53,66)(H,55,71)(H,56,69)(H,57,74)(H,58,75)(H,59,76)(H,60,72)(H,61,73)(H,62,70)(H,67,68)(H,77,78). The van der Waals surface area contributed by atoms with E-state index in [1.54, 1.807) is 58.2 Å². The van der Waals surface area contributed by atoms with Crippen molar-refractivity contribution in [2.75, 3.05) is 6.61 Å². The van der Waals surface area contributed by atoms with Gasteiger partial charge in [-0.15, -0.1) is 0 Å². The fourth-order valence-electron chi connectivity index (χ4n) is 7.93. The second kappa shape index (κ2) is 30.5. The molecular weight excluding hydrogens is 1020 g/mol. The zero-order valence-corrected chi connectivity index (χ0v) is 44.2. The van der Waals surface area contributed by atoms with Crippen molar-refractivity contribution in [1.29, 1.82) is 0 Å². The Hall–Kier alpha value is -8.17. The number of aromatic hydroxyl groups is 1. The van der Waals surface area contributed by atoms with Crippen LogP contribution in [0.3, 0.4) is 0 Å². The maximum atomic E-state index is 14.5. The van der Waals surface area contributed by atoms with Gasteiger partial charge in [-0.3, -0.25) is 47.9 Å². The van der Waals surface area contributed by atoms with Crippen LogP contribution in [-0.2, 0) is 65.6 Å². The third-order valence-electron chi connectivity index (χ3n) is 12.0. The largest absolute Gasteiger partial charge is 0.508 e. The Morgan fingerprint density at radius 3 is 1.51 bits per heavy atom. The smallest absolute Gasteiger partial charge is 0.328 e. The number of aliphatic hydroxyl groups is 2. The number of carbonyl (C=O) groups excluding carboxylic acids is 9. The first kappa shape index (κ1) is 64.1. The summed E-state index contributed by atoms with van der Waals surface area (Å²) in [5, 5.41) is 69.7. The number of amides is 9. The topological polar surface area (TPSA) is 453 Å². The summed E-state index contributed by atoms with van der Waals surface area (Å²) >= 11 is 0. The number of aromatic nitrogens is 1. The van der Waals surface area contributed by atoms with Crippen LogP contribution in [0.5, 0.6) is 5.75 Å². The number of hydrogen-bond donors (Lipinski definition) is 16. The van der Waals surface area contributed by atoms with Crippen LogP contribution in [0.25, 0.3) is 10.9 Å². The molecule has 3 rings (SSSR count). The highest BCUT2D eigenvalue weighted by Crippen LogP contribution is 2.20. The summed E-state index contributed by atoms with van der Waals surface area (Å²) in [5.41, 5.74) is 12.5. The normalized spacial score (nSPS) is 15.1. The number of aromatic amines is 1. The lowest BCUT2D eigenvalue weighted by atomic mass is 9.99. The highest BCUT2D eigenvalue weighted by Gasteiger charge is 2.36. The average Bonchev–Trinajstić information content (AvgIpc) is 3.76. The molecule has 27 nitrogen and oxygen atoms in total. The Kier molecular flexibility index (Phi) is 25.1. The van der Waals surface area contributed by atoms with Gasteiger partial charge in [-0.1, -0.05) is 58.0 Å². The van der Waals surface area contributed by atoms with Crippen LogP contribution < -0.4 is 54.0 Å². The van der Waals surface area contributed by atoms with Gasteiger partial charge in [-0.2, -0.15) is 0 Å². The second-order valence-corrected chi connectivity index (χ2v) is 19.8. The molecule has 27 heteroatoms. The first-order valence-electron chi connectivity index (χ1n) is 25.1. The van der Waals surface area contributed by atoms with Gasteiger partial charge in [0, 0.05) is 36.4 Å². The summed E-state index contributed by atoms with van der Waals surface area (Å²) in [5.74, 6) is -12.8. The molecule has 10 atom stereocenters. The fourth-order valence-corrected chi connectivity index (χ4v) is 7.93. The third kappa shape index (κ3) is 20.7. The van der Waals surface area contributed by atoms with Crippen LogP contribution >= 0.6 is 0 Å². The fraction of sp³-hybridized carbons (Fsp3) is 0.510. The number of phenolic OH excluding ortho intramolecular Hbond substituents is 1. The number of nitrogens with two attached hydrogens (primary N) is 2. The van der Waals surface area contributed by atoms with Crippen molar-refractivity contribution < 1.29 is 78.3 Å². The number of benzene rings is 2. The van der Waals surface area contributed by atoms with Crippen molar-refractivity contribution in [3.8, 4) is 5.75 Å². The van der Waals surface area contributed by atoms with Gasteiger partial charge in [0.05, 0.1) is 25.2 Å². The number of primary amides is 1.